The number of rotatable bonds is 3. The third-order valence-corrected chi connectivity index (χ3v) is 4.19. The van der Waals surface area contributed by atoms with Crippen LogP contribution in [0.15, 0.2) is 24.3 Å². The molecule has 0 bridgehead atoms. The van der Waals surface area contributed by atoms with Gasteiger partial charge in [-0.3, -0.25) is 4.90 Å². The van der Waals surface area contributed by atoms with Crippen LogP contribution in [0.3, 0.4) is 0 Å². The number of nitrogens with zero attached hydrogens (tertiary/aromatic N) is 1. The number of halogens is 1. The van der Waals surface area contributed by atoms with Crippen LogP contribution in [0.4, 0.5) is 0 Å². The first kappa shape index (κ1) is 10.6. The molecule has 3 rings (SSSR count). The monoisotopic (exact) mass is 237 g/mol. The average Bonchev–Trinajstić information content (AvgIpc) is 2.73. The number of benzene rings is 1. The molecule has 86 valence electrons. The number of piperidine rings is 1. The van der Waals surface area contributed by atoms with Crippen LogP contribution in [0.5, 0.6) is 0 Å². The molecule has 1 aromatic rings. The largest absolute Gasteiger partial charge is 0.396 e. The van der Waals surface area contributed by atoms with Gasteiger partial charge < -0.3 is 5.11 Å². The summed E-state index contributed by atoms with van der Waals surface area (Å²) in [6, 6.07) is 8.08. The van der Waals surface area contributed by atoms with Crippen LogP contribution in [0, 0.1) is 17.8 Å². The highest BCUT2D eigenvalue weighted by Crippen LogP contribution is 2.51. The van der Waals surface area contributed by atoms with E-state index in [2.05, 4.69) is 11.0 Å². The lowest BCUT2D eigenvalue weighted by Crippen LogP contribution is -2.24. The van der Waals surface area contributed by atoms with E-state index in [-0.39, 0.29) is 0 Å². The van der Waals surface area contributed by atoms with E-state index in [9.17, 15) is 0 Å². The maximum atomic E-state index is 9.09. The Morgan fingerprint density at radius 1 is 1.31 bits per heavy atom. The summed E-state index contributed by atoms with van der Waals surface area (Å²) in [4.78, 5) is 2.47. The lowest BCUT2D eigenvalue weighted by Gasteiger charge is -2.19. The van der Waals surface area contributed by atoms with Gasteiger partial charge in [-0.25, -0.2) is 0 Å². The van der Waals surface area contributed by atoms with Gasteiger partial charge in [-0.05, 0) is 35.4 Å². The Kier molecular flexibility index (Phi) is 2.66. The first-order valence-corrected chi connectivity index (χ1v) is 6.23. The Morgan fingerprint density at radius 3 is 2.69 bits per heavy atom. The van der Waals surface area contributed by atoms with E-state index >= 15 is 0 Å². The number of aliphatic hydroxyl groups is 1. The normalized spacial score (nSPS) is 32.8. The van der Waals surface area contributed by atoms with Crippen molar-refractivity contribution in [2.75, 3.05) is 19.7 Å². The van der Waals surface area contributed by atoms with Crippen molar-refractivity contribution in [3.05, 3.63) is 34.9 Å². The van der Waals surface area contributed by atoms with E-state index in [0.29, 0.717) is 12.5 Å². The molecule has 0 aromatic heterocycles. The number of hydrogen-bond donors (Lipinski definition) is 1. The Bertz CT molecular complexity index is 383. The number of aliphatic hydroxyl groups excluding tert-OH is 1. The van der Waals surface area contributed by atoms with Gasteiger partial charge in [0, 0.05) is 31.3 Å². The summed E-state index contributed by atoms with van der Waals surface area (Å²) in [5.74, 6) is 2.10. The van der Waals surface area contributed by atoms with Gasteiger partial charge in [0.05, 0.1) is 0 Å². The van der Waals surface area contributed by atoms with E-state index in [1.165, 1.54) is 5.56 Å². The molecule has 16 heavy (non-hydrogen) atoms. The van der Waals surface area contributed by atoms with Crippen molar-refractivity contribution >= 4 is 11.6 Å². The Labute approximate surface area is 101 Å². The highest BCUT2D eigenvalue weighted by atomic mass is 35.5. The molecule has 1 aromatic carbocycles. The molecular formula is C13H16ClNO. The lowest BCUT2D eigenvalue weighted by molar-refractivity contribution is 0.217. The van der Waals surface area contributed by atoms with Gasteiger partial charge in [-0.15, -0.1) is 0 Å². The third kappa shape index (κ3) is 1.86. The molecule has 2 aliphatic rings. The molecule has 2 unspecified atom stereocenters. The van der Waals surface area contributed by atoms with Crippen LogP contribution in [0.2, 0.25) is 5.02 Å². The molecule has 1 N–H and O–H groups in total. The second kappa shape index (κ2) is 4.02. The second-order valence-corrected chi connectivity index (χ2v) is 5.43. The summed E-state index contributed by atoms with van der Waals surface area (Å²) in [6.07, 6.45) is 0. The molecule has 2 nitrogen and oxygen atoms in total. The summed E-state index contributed by atoms with van der Waals surface area (Å²) in [6.45, 7) is 3.65. The van der Waals surface area contributed by atoms with Gasteiger partial charge >= 0.3 is 0 Å². The molecule has 1 aliphatic heterocycles. The number of likely N-dealkylation sites (tertiary alicyclic amines) is 1. The first-order chi connectivity index (χ1) is 7.78. The lowest BCUT2D eigenvalue weighted by atomic mass is 10.2. The van der Waals surface area contributed by atoms with E-state index in [1.807, 2.05) is 18.2 Å². The Balaban J connectivity index is 1.58. The van der Waals surface area contributed by atoms with Gasteiger partial charge in [0.2, 0.25) is 0 Å². The molecule has 2 fully saturated rings. The molecule has 0 amide bonds. The topological polar surface area (TPSA) is 23.5 Å². The number of fused-ring (bicyclic) bond motifs is 1. The molecule has 0 spiro atoms. The van der Waals surface area contributed by atoms with E-state index < -0.39 is 0 Å². The molecule has 2 atom stereocenters. The highest BCUT2D eigenvalue weighted by Gasteiger charge is 2.54. The van der Waals surface area contributed by atoms with Crippen molar-refractivity contribution in [3.8, 4) is 0 Å². The average molecular weight is 238 g/mol. The van der Waals surface area contributed by atoms with E-state index in [4.69, 9.17) is 16.7 Å². The third-order valence-electron chi connectivity index (χ3n) is 3.95. The van der Waals surface area contributed by atoms with Gasteiger partial charge in [0.25, 0.3) is 0 Å². The SMILES string of the molecule is OCC1C2CN(Cc3cccc(Cl)c3)CC12. The van der Waals surface area contributed by atoms with Gasteiger partial charge in [-0.2, -0.15) is 0 Å². The molecule has 0 radical (unpaired) electrons. The zero-order valence-electron chi connectivity index (χ0n) is 9.14. The fourth-order valence-corrected chi connectivity index (χ4v) is 3.24. The smallest absolute Gasteiger partial charge is 0.0465 e. The first-order valence-electron chi connectivity index (χ1n) is 5.85. The fourth-order valence-electron chi connectivity index (χ4n) is 3.03. The van der Waals surface area contributed by atoms with Crippen LogP contribution < -0.4 is 0 Å². The predicted octanol–water partition coefficient (Wildman–Crippen LogP) is 2.01. The zero-order valence-corrected chi connectivity index (χ0v) is 9.90. The van der Waals surface area contributed by atoms with Crippen molar-refractivity contribution in [3.63, 3.8) is 0 Å². The minimum absolute atomic E-state index is 0.375. The zero-order chi connectivity index (χ0) is 11.1. The Morgan fingerprint density at radius 2 is 2.06 bits per heavy atom. The summed E-state index contributed by atoms with van der Waals surface area (Å²) in [5.41, 5.74) is 1.29. The summed E-state index contributed by atoms with van der Waals surface area (Å²) < 4.78 is 0. The molecule has 1 saturated heterocycles. The minimum atomic E-state index is 0.375. The van der Waals surface area contributed by atoms with Crippen LogP contribution in [-0.2, 0) is 6.54 Å². The van der Waals surface area contributed by atoms with Crippen molar-refractivity contribution in [1.29, 1.82) is 0 Å². The maximum absolute atomic E-state index is 9.09. The van der Waals surface area contributed by atoms with E-state index in [0.717, 1.165) is 36.5 Å². The molecule has 3 heteroatoms. The van der Waals surface area contributed by atoms with Crippen LogP contribution >= 0.6 is 11.6 Å². The van der Waals surface area contributed by atoms with Crippen LogP contribution in [0.1, 0.15) is 5.56 Å². The molecule has 1 aliphatic carbocycles. The quantitative estimate of drug-likeness (QED) is 0.870. The van der Waals surface area contributed by atoms with Crippen molar-refractivity contribution in [2.45, 2.75) is 6.54 Å². The highest BCUT2D eigenvalue weighted by molar-refractivity contribution is 6.30. The van der Waals surface area contributed by atoms with Gasteiger partial charge in [0.1, 0.15) is 0 Å². The second-order valence-electron chi connectivity index (χ2n) is 5.00. The summed E-state index contributed by atoms with van der Waals surface area (Å²) in [7, 11) is 0. The van der Waals surface area contributed by atoms with E-state index in [1.54, 1.807) is 0 Å². The van der Waals surface area contributed by atoms with Gasteiger partial charge in [0.15, 0.2) is 0 Å². The number of hydrogen-bond acceptors (Lipinski definition) is 2. The maximum Gasteiger partial charge on any atom is 0.0465 e. The van der Waals surface area contributed by atoms with Gasteiger partial charge in [-0.1, -0.05) is 23.7 Å². The van der Waals surface area contributed by atoms with Crippen molar-refractivity contribution < 1.29 is 5.11 Å². The fraction of sp³-hybridized carbons (Fsp3) is 0.538. The molecular weight excluding hydrogens is 222 g/mol. The van der Waals surface area contributed by atoms with Crippen molar-refractivity contribution in [1.82, 2.24) is 4.90 Å². The van der Waals surface area contributed by atoms with Crippen LogP contribution in [-0.4, -0.2) is 29.7 Å². The van der Waals surface area contributed by atoms with Crippen molar-refractivity contribution in [2.24, 2.45) is 17.8 Å². The molecule has 1 heterocycles. The summed E-state index contributed by atoms with van der Waals surface area (Å²) >= 11 is 5.96. The minimum Gasteiger partial charge on any atom is -0.396 e. The van der Waals surface area contributed by atoms with Crippen LogP contribution in [0.25, 0.3) is 0 Å². The summed E-state index contributed by atoms with van der Waals surface area (Å²) in [5, 5.41) is 9.90. The molecule has 1 saturated carbocycles. The standard InChI is InChI=1S/C13H16ClNO/c14-10-3-1-2-9(4-10)5-15-6-11-12(7-15)13(11)8-16/h1-4,11-13,16H,5-8H2. The predicted molar refractivity (Wildman–Crippen MR) is 64.3 cm³/mol. The Hall–Kier alpha value is -0.570.